The van der Waals surface area contributed by atoms with Gasteiger partial charge in [-0.25, -0.2) is 0 Å². The Morgan fingerprint density at radius 1 is 0.528 bits per heavy atom. The maximum Gasteiger partial charge on any atom is 0.251 e. The maximum absolute atomic E-state index is 12.1. The standard InChI is InChI=1S/C28H38N4O4/c1-3-29-27(35)21-13-17-23(18-14-21)31-25(33)11-9-7-5-6-8-10-12-26(34)32-24-19-15-22(16-20-24)28(36)30-4-2/h13-20H,3-12H2,1-2H3,(H,29,35)(H,30,36)(H,31,33)(H,32,34). The molecular weight excluding hydrogens is 456 g/mol. The lowest BCUT2D eigenvalue weighted by atomic mass is 10.1. The minimum Gasteiger partial charge on any atom is -0.352 e. The number of benzene rings is 2. The molecule has 0 bridgehead atoms. The van der Waals surface area contributed by atoms with Gasteiger partial charge < -0.3 is 21.3 Å². The van der Waals surface area contributed by atoms with Crippen LogP contribution in [0.4, 0.5) is 11.4 Å². The molecule has 4 amide bonds. The highest BCUT2D eigenvalue weighted by Crippen LogP contribution is 2.14. The fourth-order valence-corrected chi connectivity index (χ4v) is 3.66. The number of unbranched alkanes of at least 4 members (excludes halogenated alkanes) is 5. The smallest absolute Gasteiger partial charge is 0.251 e. The molecule has 0 fully saturated rings. The number of nitrogens with one attached hydrogen (secondary N) is 4. The lowest BCUT2D eigenvalue weighted by Gasteiger charge is -2.07. The van der Waals surface area contributed by atoms with Crippen LogP contribution in [-0.2, 0) is 9.59 Å². The van der Waals surface area contributed by atoms with Gasteiger partial charge >= 0.3 is 0 Å². The highest BCUT2D eigenvalue weighted by molar-refractivity contribution is 5.96. The fourth-order valence-electron chi connectivity index (χ4n) is 3.66. The van der Waals surface area contributed by atoms with Crippen molar-refractivity contribution in [1.82, 2.24) is 10.6 Å². The molecule has 194 valence electrons. The van der Waals surface area contributed by atoms with E-state index >= 15 is 0 Å². The van der Waals surface area contributed by atoms with E-state index in [1.807, 2.05) is 13.8 Å². The zero-order valence-electron chi connectivity index (χ0n) is 21.3. The molecule has 0 aliphatic rings. The van der Waals surface area contributed by atoms with E-state index in [9.17, 15) is 19.2 Å². The Kier molecular flexibility index (Phi) is 12.8. The summed E-state index contributed by atoms with van der Waals surface area (Å²) < 4.78 is 0. The molecule has 0 aliphatic carbocycles. The zero-order valence-corrected chi connectivity index (χ0v) is 21.3. The topological polar surface area (TPSA) is 116 Å². The van der Waals surface area contributed by atoms with E-state index in [1.54, 1.807) is 48.5 Å². The second kappa shape index (κ2) is 16.1. The summed E-state index contributed by atoms with van der Waals surface area (Å²) in [5.41, 5.74) is 2.51. The first-order chi connectivity index (χ1) is 17.4. The molecular formula is C28H38N4O4. The van der Waals surface area contributed by atoms with Crippen LogP contribution in [0.25, 0.3) is 0 Å². The Balaban J connectivity index is 1.51. The Morgan fingerprint density at radius 2 is 0.861 bits per heavy atom. The molecule has 8 nitrogen and oxygen atoms in total. The van der Waals surface area contributed by atoms with Gasteiger partial charge in [0, 0.05) is 48.4 Å². The van der Waals surface area contributed by atoms with Crippen molar-refractivity contribution in [3.63, 3.8) is 0 Å². The Labute approximate surface area is 213 Å². The largest absolute Gasteiger partial charge is 0.352 e. The van der Waals surface area contributed by atoms with Crippen LogP contribution in [0, 0.1) is 0 Å². The van der Waals surface area contributed by atoms with Crippen LogP contribution in [0.1, 0.15) is 85.9 Å². The molecule has 0 saturated carbocycles. The molecule has 2 aromatic rings. The van der Waals surface area contributed by atoms with Gasteiger partial charge in [-0.05, 0) is 75.2 Å². The number of carbonyl (C=O) groups is 4. The first-order valence-corrected chi connectivity index (χ1v) is 12.8. The molecule has 0 spiro atoms. The van der Waals surface area contributed by atoms with E-state index in [0.717, 1.165) is 38.5 Å². The van der Waals surface area contributed by atoms with Gasteiger partial charge in [-0.15, -0.1) is 0 Å². The predicted molar refractivity (Wildman–Crippen MR) is 143 cm³/mol. The van der Waals surface area contributed by atoms with Gasteiger partial charge in [-0.2, -0.15) is 0 Å². The van der Waals surface area contributed by atoms with Crippen molar-refractivity contribution < 1.29 is 19.2 Å². The average molecular weight is 495 g/mol. The van der Waals surface area contributed by atoms with Crippen molar-refractivity contribution in [1.29, 1.82) is 0 Å². The summed E-state index contributed by atoms with van der Waals surface area (Å²) in [4.78, 5) is 47.8. The fraction of sp³-hybridized carbons (Fsp3) is 0.429. The van der Waals surface area contributed by atoms with Gasteiger partial charge in [0.05, 0.1) is 0 Å². The van der Waals surface area contributed by atoms with E-state index in [0.29, 0.717) is 48.4 Å². The van der Waals surface area contributed by atoms with Gasteiger partial charge in [-0.3, -0.25) is 19.2 Å². The van der Waals surface area contributed by atoms with Gasteiger partial charge in [-0.1, -0.05) is 25.7 Å². The molecule has 8 heteroatoms. The van der Waals surface area contributed by atoms with Crippen molar-refractivity contribution in [3.05, 3.63) is 59.7 Å². The second-order valence-electron chi connectivity index (χ2n) is 8.59. The van der Waals surface area contributed by atoms with Gasteiger partial charge in [0.2, 0.25) is 11.8 Å². The molecule has 36 heavy (non-hydrogen) atoms. The van der Waals surface area contributed by atoms with Gasteiger partial charge in [0.25, 0.3) is 11.8 Å². The Bertz CT molecular complexity index is 906. The highest BCUT2D eigenvalue weighted by atomic mass is 16.2. The monoisotopic (exact) mass is 494 g/mol. The van der Waals surface area contributed by atoms with Crippen LogP contribution in [0.3, 0.4) is 0 Å². The molecule has 0 atom stereocenters. The number of hydrogen-bond acceptors (Lipinski definition) is 4. The van der Waals surface area contributed by atoms with Crippen LogP contribution in [0.2, 0.25) is 0 Å². The van der Waals surface area contributed by atoms with Crippen LogP contribution < -0.4 is 21.3 Å². The summed E-state index contributed by atoms with van der Waals surface area (Å²) in [6.07, 6.45) is 6.53. The van der Waals surface area contributed by atoms with E-state index in [4.69, 9.17) is 0 Å². The van der Waals surface area contributed by atoms with Gasteiger partial charge in [0.1, 0.15) is 0 Å². The SMILES string of the molecule is CCNC(=O)c1ccc(NC(=O)CCCCCCCCC(=O)Nc2ccc(C(=O)NCC)cc2)cc1. The summed E-state index contributed by atoms with van der Waals surface area (Å²) in [7, 11) is 0. The maximum atomic E-state index is 12.1. The van der Waals surface area contributed by atoms with E-state index < -0.39 is 0 Å². The van der Waals surface area contributed by atoms with E-state index in [1.165, 1.54) is 0 Å². The number of anilines is 2. The van der Waals surface area contributed by atoms with Crippen LogP contribution >= 0.6 is 0 Å². The molecule has 0 radical (unpaired) electrons. The molecule has 2 rings (SSSR count). The Hall–Kier alpha value is -3.68. The van der Waals surface area contributed by atoms with Crippen molar-refractivity contribution in [2.24, 2.45) is 0 Å². The number of rotatable bonds is 15. The third kappa shape index (κ3) is 10.7. The molecule has 0 aromatic heterocycles. The second-order valence-corrected chi connectivity index (χ2v) is 8.59. The lowest BCUT2D eigenvalue weighted by Crippen LogP contribution is -2.22. The van der Waals surface area contributed by atoms with Crippen molar-refractivity contribution in [3.8, 4) is 0 Å². The summed E-state index contributed by atoms with van der Waals surface area (Å²) in [5, 5.41) is 11.2. The predicted octanol–water partition coefficient (Wildman–Crippen LogP) is 4.88. The number of amides is 4. The molecule has 0 unspecified atom stereocenters. The quantitative estimate of drug-likeness (QED) is 0.264. The zero-order chi connectivity index (χ0) is 26.2. The molecule has 0 saturated heterocycles. The van der Waals surface area contributed by atoms with Crippen LogP contribution in [0.15, 0.2) is 48.5 Å². The molecule has 4 N–H and O–H groups in total. The van der Waals surface area contributed by atoms with Crippen LogP contribution in [-0.4, -0.2) is 36.7 Å². The summed E-state index contributed by atoms with van der Waals surface area (Å²) in [6.45, 7) is 4.88. The summed E-state index contributed by atoms with van der Waals surface area (Å²) in [5.74, 6) is -0.312. The lowest BCUT2D eigenvalue weighted by molar-refractivity contribution is -0.117. The average Bonchev–Trinajstić information content (AvgIpc) is 2.86. The van der Waals surface area contributed by atoms with Crippen LogP contribution in [0.5, 0.6) is 0 Å². The van der Waals surface area contributed by atoms with E-state index in [2.05, 4.69) is 21.3 Å². The summed E-state index contributed by atoms with van der Waals surface area (Å²) >= 11 is 0. The van der Waals surface area contributed by atoms with E-state index in [-0.39, 0.29) is 23.6 Å². The number of hydrogen-bond donors (Lipinski definition) is 4. The Morgan fingerprint density at radius 3 is 1.19 bits per heavy atom. The molecule has 0 aliphatic heterocycles. The minimum atomic E-state index is -0.125. The molecule has 0 heterocycles. The van der Waals surface area contributed by atoms with Gasteiger partial charge in [0.15, 0.2) is 0 Å². The third-order valence-electron chi connectivity index (χ3n) is 5.59. The highest BCUT2D eigenvalue weighted by Gasteiger charge is 2.07. The van der Waals surface area contributed by atoms with Crippen molar-refractivity contribution in [2.45, 2.75) is 65.2 Å². The molecule has 2 aromatic carbocycles. The first-order valence-electron chi connectivity index (χ1n) is 12.8. The van der Waals surface area contributed by atoms with Crippen molar-refractivity contribution in [2.75, 3.05) is 23.7 Å². The normalized spacial score (nSPS) is 10.4. The minimum absolute atomic E-state index is 0.0311. The number of carbonyl (C=O) groups excluding carboxylic acids is 4. The first kappa shape index (κ1) is 28.6. The summed E-state index contributed by atoms with van der Waals surface area (Å²) in [6, 6.07) is 13.7. The third-order valence-corrected chi connectivity index (χ3v) is 5.59. The van der Waals surface area contributed by atoms with Crippen molar-refractivity contribution >= 4 is 35.0 Å².